The maximum absolute atomic E-state index is 13.2. The molecule has 0 radical (unpaired) electrons. The highest BCUT2D eigenvalue weighted by atomic mass is 32.1. The van der Waals surface area contributed by atoms with E-state index < -0.39 is 58.5 Å². The fraction of sp³-hybridized carbons (Fsp3) is 0.278. The van der Waals surface area contributed by atoms with Crippen LogP contribution in [0.15, 0.2) is 30.3 Å². The topological polar surface area (TPSA) is 128 Å². The summed E-state index contributed by atoms with van der Waals surface area (Å²) in [5.41, 5.74) is -2.96. The van der Waals surface area contributed by atoms with Crippen LogP contribution in [-0.2, 0) is 20.5 Å². The van der Waals surface area contributed by atoms with Gasteiger partial charge in [0, 0.05) is 17.0 Å². The van der Waals surface area contributed by atoms with Crippen LogP contribution in [0.2, 0.25) is 0 Å². The molecule has 31 heavy (non-hydrogen) atoms. The fourth-order valence-electron chi connectivity index (χ4n) is 2.31. The van der Waals surface area contributed by atoms with Gasteiger partial charge >= 0.3 is 12.1 Å². The van der Waals surface area contributed by atoms with E-state index in [4.69, 9.17) is 4.74 Å². The number of nitrogens with one attached hydrogen (secondary N) is 2. The largest absolute Gasteiger partial charge is 0.451 e. The van der Waals surface area contributed by atoms with Gasteiger partial charge in [-0.25, -0.2) is 0 Å². The Kier molecular flexibility index (Phi) is 7.33. The number of aryl methyl sites for hydroxylation is 1. The molecule has 0 unspecified atom stereocenters. The number of halogens is 3. The maximum atomic E-state index is 13.2. The van der Waals surface area contributed by atoms with Gasteiger partial charge in [0.25, 0.3) is 17.5 Å². The normalized spacial score (nSPS) is 12.0. The third-order valence-electron chi connectivity index (χ3n) is 3.81. The highest BCUT2D eigenvalue weighted by molar-refractivity contribution is 7.13. The number of carbonyl (C=O) groups is 3. The molecule has 0 saturated heterocycles. The summed E-state index contributed by atoms with van der Waals surface area (Å²) in [6.45, 7) is 2.36. The predicted molar refractivity (Wildman–Crippen MR) is 104 cm³/mol. The Morgan fingerprint density at radius 2 is 1.90 bits per heavy atom. The lowest BCUT2D eigenvalue weighted by Gasteiger charge is -2.17. The van der Waals surface area contributed by atoms with Gasteiger partial charge < -0.3 is 15.4 Å². The van der Waals surface area contributed by atoms with Gasteiger partial charge in [0.05, 0.1) is 21.1 Å². The first-order valence-electron chi connectivity index (χ1n) is 8.59. The number of anilines is 1. The van der Waals surface area contributed by atoms with Crippen molar-refractivity contribution in [3.63, 3.8) is 0 Å². The molecule has 0 spiro atoms. The molecule has 13 heteroatoms. The lowest BCUT2D eigenvalue weighted by molar-refractivity contribution is -0.385. The zero-order chi connectivity index (χ0) is 23.3. The third-order valence-corrected chi connectivity index (χ3v) is 4.81. The van der Waals surface area contributed by atoms with Crippen molar-refractivity contribution in [2.75, 3.05) is 11.9 Å². The smallest absolute Gasteiger partial charge is 0.418 e. The molecule has 0 aliphatic heterocycles. The Bertz CT molecular complexity index is 1020. The number of benzene rings is 1. The number of hydrogen-bond donors (Lipinski definition) is 2. The summed E-state index contributed by atoms with van der Waals surface area (Å²) in [6, 6.07) is 5.10. The number of hydrogen-bond acceptors (Lipinski definition) is 7. The van der Waals surface area contributed by atoms with E-state index in [0.29, 0.717) is 4.88 Å². The Morgan fingerprint density at radius 3 is 2.45 bits per heavy atom. The van der Waals surface area contributed by atoms with E-state index in [1.807, 2.05) is 5.32 Å². The van der Waals surface area contributed by atoms with Crippen LogP contribution in [-0.4, -0.2) is 35.4 Å². The van der Waals surface area contributed by atoms with Crippen LogP contribution in [0.5, 0.6) is 0 Å². The molecule has 2 aromatic rings. The summed E-state index contributed by atoms with van der Waals surface area (Å²) in [4.78, 5) is 46.8. The second-order valence-corrected chi connectivity index (χ2v) is 7.49. The van der Waals surface area contributed by atoms with E-state index in [2.05, 4.69) is 5.32 Å². The number of alkyl halides is 3. The number of nitro benzene ring substituents is 1. The van der Waals surface area contributed by atoms with Crippen molar-refractivity contribution in [2.24, 2.45) is 0 Å². The van der Waals surface area contributed by atoms with Crippen LogP contribution in [0.1, 0.15) is 27.0 Å². The first-order valence-corrected chi connectivity index (χ1v) is 9.40. The van der Waals surface area contributed by atoms with Crippen LogP contribution < -0.4 is 10.6 Å². The summed E-state index contributed by atoms with van der Waals surface area (Å²) in [5, 5.41) is 15.0. The van der Waals surface area contributed by atoms with Gasteiger partial charge in [-0.05, 0) is 32.0 Å². The monoisotopic (exact) mass is 459 g/mol. The Balaban J connectivity index is 1.98. The summed E-state index contributed by atoms with van der Waals surface area (Å²) in [6.07, 6.45) is -6.47. The van der Waals surface area contributed by atoms with Crippen molar-refractivity contribution in [2.45, 2.75) is 26.1 Å². The molecule has 0 aliphatic carbocycles. The van der Waals surface area contributed by atoms with Crippen molar-refractivity contribution < 1.29 is 37.2 Å². The third kappa shape index (κ3) is 6.50. The number of rotatable bonds is 7. The van der Waals surface area contributed by atoms with E-state index in [1.54, 1.807) is 19.1 Å². The zero-order valence-corrected chi connectivity index (χ0v) is 16.9. The molecule has 0 bridgehead atoms. The molecule has 2 N–H and O–H groups in total. The maximum Gasteiger partial charge on any atom is 0.418 e. The number of thiophene rings is 1. The summed E-state index contributed by atoms with van der Waals surface area (Å²) >= 11 is 1.21. The van der Waals surface area contributed by atoms with Crippen LogP contribution >= 0.6 is 11.3 Å². The summed E-state index contributed by atoms with van der Waals surface area (Å²) in [7, 11) is 0. The number of amides is 2. The number of ether oxygens (including phenoxy) is 1. The van der Waals surface area contributed by atoms with Gasteiger partial charge in [-0.1, -0.05) is 0 Å². The minimum absolute atomic E-state index is 0.286. The van der Waals surface area contributed by atoms with Crippen molar-refractivity contribution in [1.82, 2.24) is 5.32 Å². The van der Waals surface area contributed by atoms with Gasteiger partial charge in [0.1, 0.15) is 6.54 Å². The second kappa shape index (κ2) is 9.55. The van der Waals surface area contributed by atoms with Crippen LogP contribution in [0.25, 0.3) is 0 Å². The van der Waals surface area contributed by atoms with Gasteiger partial charge in [-0.2, -0.15) is 13.2 Å². The average molecular weight is 459 g/mol. The Hall–Kier alpha value is -3.48. The SMILES string of the molecule is Cc1ccc(C(=O)NCC(=O)O[C@H](C)C(=O)Nc2ccc([N+](=O)[O-])cc2C(F)(F)F)s1. The van der Waals surface area contributed by atoms with E-state index in [1.165, 1.54) is 11.3 Å². The molecule has 2 rings (SSSR count). The molecule has 1 atom stereocenters. The Labute approximate surface area is 177 Å². The molecule has 1 heterocycles. The molecular formula is C18H16F3N3O6S. The van der Waals surface area contributed by atoms with Gasteiger partial charge in [0.2, 0.25) is 0 Å². The zero-order valence-electron chi connectivity index (χ0n) is 16.1. The lowest BCUT2D eigenvalue weighted by Crippen LogP contribution is -2.35. The molecule has 9 nitrogen and oxygen atoms in total. The molecule has 0 fully saturated rings. The molecule has 0 saturated carbocycles. The minimum Gasteiger partial charge on any atom is -0.451 e. The van der Waals surface area contributed by atoms with Crippen molar-refractivity contribution in [1.29, 1.82) is 0 Å². The number of nitro groups is 1. The van der Waals surface area contributed by atoms with E-state index in [0.717, 1.165) is 23.9 Å². The molecule has 2 amide bonds. The highest BCUT2D eigenvalue weighted by Gasteiger charge is 2.36. The predicted octanol–water partition coefficient (Wildman–Crippen LogP) is 3.28. The minimum atomic E-state index is -4.97. The van der Waals surface area contributed by atoms with Gasteiger partial charge in [-0.15, -0.1) is 11.3 Å². The number of non-ortho nitro benzene ring substituents is 1. The van der Waals surface area contributed by atoms with Crippen molar-refractivity contribution in [3.8, 4) is 0 Å². The average Bonchev–Trinajstić information content (AvgIpc) is 3.11. The fourth-order valence-corrected chi connectivity index (χ4v) is 3.10. The molecule has 1 aromatic carbocycles. The first kappa shape index (κ1) is 23.8. The number of esters is 1. The van der Waals surface area contributed by atoms with E-state index >= 15 is 0 Å². The van der Waals surface area contributed by atoms with Gasteiger partial charge in [0.15, 0.2) is 6.10 Å². The van der Waals surface area contributed by atoms with Crippen LogP contribution in [0, 0.1) is 17.0 Å². The molecule has 1 aromatic heterocycles. The van der Waals surface area contributed by atoms with Crippen molar-refractivity contribution >= 4 is 40.5 Å². The highest BCUT2D eigenvalue weighted by Crippen LogP contribution is 2.37. The molecular weight excluding hydrogens is 443 g/mol. The summed E-state index contributed by atoms with van der Waals surface area (Å²) in [5.74, 6) is -2.59. The first-order chi connectivity index (χ1) is 14.4. The van der Waals surface area contributed by atoms with Crippen LogP contribution in [0.4, 0.5) is 24.5 Å². The quantitative estimate of drug-likeness (QED) is 0.372. The number of nitrogens with zero attached hydrogens (tertiary/aromatic N) is 1. The second-order valence-electron chi connectivity index (χ2n) is 6.20. The van der Waals surface area contributed by atoms with Gasteiger partial charge in [-0.3, -0.25) is 24.5 Å². The molecule has 166 valence electrons. The standard InChI is InChI=1S/C18H16F3N3O6S/c1-9-3-6-14(31-9)17(27)22-8-15(25)30-10(2)16(26)23-13-5-4-11(24(28)29)7-12(13)18(19,20)21/h3-7,10H,8H2,1-2H3,(H,22,27)(H,23,26)/t10-/m1/s1. The Morgan fingerprint density at radius 1 is 1.23 bits per heavy atom. The summed E-state index contributed by atoms with van der Waals surface area (Å²) < 4.78 is 44.3. The van der Waals surface area contributed by atoms with Crippen molar-refractivity contribution in [3.05, 3.63) is 55.8 Å². The molecule has 0 aliphatic rings. The number of carbonyl (C=O) groups excluding carboxylic acids is 3. The van der Waals surface area contributed by atoms with Crippen LogP contribution in [0.3, 0.4) is 0 Å². The van der Waals surface area contributed by atoms with E-state index in [-0.39, 0.29) is 6.07 Å². The van der Waals surface area contributed by atoms with E-state index in [9.17, 15) is 37.7 Å². The lowest BCUT2D eigenvalue weighted by atomic mass is 10.1.